The maximum atomic E-state index is 8.55. The molecule has 0 atom stereocenters. The molecule has 200 valence electrons. The van der Waals surface area contributed by atoms with Gasteiger partial charge in [-0.15, -0.1) is 0 Å². The third kappa shape index (κ3) is 31.6. The van der Waals surface area contributed by atoms with Crippen LogP contribution in [0.4, 0.5) is 0 Å². The number of likely N-dealkylation sites (N-methyl/N-ethyl adjacent to an activating group) is 1. The molecule has 0 bridgehead atoms. The number of ether oxygens (including phenoxy) is 9. The van der Waals surface area contributed by atoms with Gasteiger partial charge in [0.1, 0.15) is 0 Å². The number of hydrogen-bond donors (Lipinski definition) is 1. The molecule has 1 N–H and O–H groups in total. The van der Waals surface area contributed by atoms with Crippen LogP contribution in [-0.4, -0.2) is 156 Å². The zero-order chi connectivity index (χ0) is 24.1. The van der Waals surface area contributed by atoms with Gasteiger partial charge in [0.25, 0.3) is 0 Å². The van der Waals surface area contributed by atoms with Crippen molar-refractivity contribution in [3.05, 3.63) is 0 Å². The first-order valence-corrected chi connectivity index (χ1v) is 11.7. The van der Waals surface area contributed by atoms with Gasteiger partial charge in [-0.25, -0.2) is 0 Å². The van der Waals surface area contributed by atoms with E-state index in [2.05, 4.69) is 4.90 Å². The second-order valence-electron chi connectivity index (χ2n) is 7.04. The minimum Gasteiger partial charge on any atom is -0.394 e. The Morgan fingerprint density at radius 2 is 0.576 bits per heavy atom. The van der Waals surface area contributed by atoms with E-state index in [1.54, 1.807) is 0 Å². The zero-order valence-electron chi connectivity index (χ0n) is 20.7. The maximum Gasteiger partial charge on any atom is 0.0701 e. The minimum atomic E-state index is 0.0312. The van der Waals surface area contributed by atoms with Crippen molar-refractivity contribution < 1.29 is 47.7 Å². The predicted molar refractivity (Wildman–Crippen MR) is 123 cm³/mol. The van der Waals surface area contributed by atoms with Crippen molar-refractivity contribution in [2.75, 3.05) is 146 Å². The Hall–Kier alpha value is -0.440. The van der Waals surface area contributed by atoms with Crippen molar-refractivity contribution in [1.82, 2.24) is 4.90 Å². The summed E-state index contributed by atoms with van der Waals surface area (Å²) in [5.74, 6) is 0. The van der Waals surface area contributed by atoms with Gasteiger partial charge in [-0.1, -0.05) is 0 Å². The molecule has 0 aromatic heterocycles. The largest absolute Gasteiger partial charge is 0.394 e. The molecule has 11 nitrogen and oxygen atoms in total. The Balaban J connectivity index is 3.00. The molecule has 0 fully saturated rings. The average Bonchev–Trinajstić information content (AvgIpc) is 2.80. The second kappa shape index (κ2) is 29.6. The smallest absolute Gasteiger partial charge is 0.0701 e. The molecule has 0 unspecified atom stereocenters. The van der Waals surface area contributed by atoms with E-state index in [4.69, 9.17) is 47.7 Å². The molecule has 0 amide bonds. The molecule has 0 spiro atoms. The third-order valence-electron chi connectivity index (χ3n) is 3.89. The summed E-state index contributed by atoms with van der Waals surface area (Å²) in [7, 11) is 4.04. The number of aliphatic hydroxyl groups excluding tert-OH is 1. The maximum absolute atomic E-state index is 8.55. The van der Waals surface area contributed by atoms with Gasteiger partial charge in [-0.2, -0.15) is 0 Å². The summed E-state index contributed by atoms with van der Waals surface area (Å²) in [5.41, 5.74) is 0. The molecular weight excluding hydrogens is 438 g/mol. The first-order valence-electron chi connectivity index (χ1n) is 11.7. The van der Waals surface area contributed by atoms with Gasteiger partial charge < -0.3 is 52.6 Å². The highest BCUT2D eigenvalue weighted by molar-refractivity contribution is 4.41. The molecule has 0 aromatic rings. The molecule has 0 radical (unpaired) electrons. The number of nitrogens with zero attached hydrogens (tertiary/aromatic N) is 1. The van der Waals surface area contributed by atoms with E-state index < -0.39 is 0 Å². The molecule has 0 aliphatic heterocycles. The van der Waals surface area contributed by atoms with E-state index in [9.17, 15) is 0 Å². The van der Waals surface area contributed by atoms with Crippen LogP contribution in [-0.2, 0) is 42.6 Å². The fraction of sp³-hybridized carbons (Fsp3) is 1.00. The second-order valence-corrected chi connectivity index (χ2v) is 7.04. The summed E-state index contributed by atoms with van der Waals surface area (Å²) in [6, 6.07) is 0. The van der Waals surface area contributed by atoms with Gasteiger partial charge in [0, 0.05) is 6.54 Å². The molecule has 0 rings (SSSR count). The molecule has 0 aromatic carbocycles. The minimum absolute atomic E-state index is 0.0312. The first-order chi connectivity index (χ1) is 16.3. The standard InChI is InChI=1S/C22H47NO10/c1-23(2)3-5-25-7-9-27-11-13-29-15-17-31-19-21-33-22-20-32-18-16-30-14-12-28-10-8-26-6-4-24/h24H,3-22H2,1-2H3. The molecule has 0 aliphatic rings. The van der Waals surface area contributed by atoms with Crippen LogP contribution in [0.1, 0.15) is 0 Å². The van der Waals surface area contributed by atoms with Crippen LogP contribution in [0.3, 0.4) is 0 Å². The predicted octanol–water partition coefficient (Wildman–Crippen LogP) is -0.310. The van der Waals surface area contributed by atoms with Crippen LogP contribution in [0.25, 0.3) is 0 Å². The number of rotatable bonds is 29. The van der Waals surface area contributed by atoms with Crippen LogP contribution < -0.4 is 0 Å². The van der Waals surface area contributed by atoms with E-state index >= 15 is 0 Å². The third-order valence-corrected chi connectivity index (χ3v) is 3.89. The van der Waals surface area contributed by atoms with Gasteiger partial charge in [-0.3, -0.25) is 0 Å². The van der Waals surface area contributed by atoms with Gasteiger partial charge in [0.05, 0.1) is 126 Å². The molecule has 33 heavy (non-hydrogen) atoms. The van der Waals surface area contributed by atoms with E-state index in [1.165, 1.54) is 0 Å². The van der Waals surface area contributed by atoms with Crippen molar-refractivity contribution in [2.24, 2.45) is 0 Å². The van der Waals surface area contributed by atoms with Crippen molar-refractivity contribution in [3.8, 4) is 0 Å². The van der Waals surface area contributed by atoms with Gasteiger partial charge >= 0.3 is 0 Å². The molecule has 0 aliphatic carbocycles. The summed E-state index contributed by atoms with van der Waals surface area (Å²) in [5, 5.41) is 8.55. The Morgan fingerprint density at radius 1 is 0.364 bits per heavy atom. The SMILES string of the molecule is CN(C)CCOCCOCCOCCOCCOCCOCCOCCOCCOCCO. The first kappa shape index (κ1) is 32.6. The van der Waals surface area contributed by atoms with Gasteiger partial charge in [0.15, 0.2) is 0 Å². The van der Waals surface area contributed by atoms with E-state index in [0.717, 1.165) is 13.2 Å². The molecule has 0 saturated heterocycles. The van der Waals surface area contributed by atoms with E-state index in [0.29, 0.717) is 112 Å². The van der Waals surface area contributed by atoms with Crippen molar-refractivity contribution in [2.45, 2.75) is 0 Å². The number of aliphatic hydroxyl groups is 1. The summed E-state index contributed by atoms with van der Waals surface area (Å²) < 4.78 is 48.3. The Bertz CT molecular complexity index is 353. The lowest BCUT2D eigenvalue weighted by molar-refractivity contribution is -0.0256. The lowest BCUT2D eigenvalue weighted by atomic mass is 10.6. The summed E-state index contributed by atoms with van der Waals surface area (Å²) in [4.78, 5) is 2.08. The van der Waals surface area contributed by atoms with Crippen LogP contribution in [0.2, 0.25) is 0 Å². The highest BCUT2D eigenvalue weighted by Gasteiger charge is 1.95. The summed E-state index contributed by atoms with van der Waals surface area (Å²) >= 11 is 0. The number of hydrogen-bond acceptors (Lipinski definition) is 11. The quantitative estimate of drug-likeness (QED) is 0.141. The van der Waals surface area contributed by atoms with Crippen LogP contribution >= 0.6 is 0 Å². The summed E-state index contributed by atoms with van der Waals surface area (Å²) in [6.07, 6.45) is 0. The van der Waals surface area contributed by atoms with E-state index in [-0.39, 0.29) is 6.61 Å². The summed E-state index contributed by atoms with van der Waals surface area (Å²) in [6.45, 7) is 10.5. The topological polar surface area (TPSA) is 107 Å². The normalized spacial score (nSPS) is 11.6. The van der Waals surface area contributed by atoms with Crippen molar-refractivity contribution >= 4 is 0 Å². The molecule has 11 heteroatoms. The highest BCUT2D eigenvalue weighted by atomic mass is 16.6. The lowest BCUT2D eigenvalue weighted by Gasteiger charge is -2.10. The van der Waals surface area contributed by atoms with Gasteiger partial charge in [0.2, 0.25) is 0 Å². The Kier molecular flexibility index (Phi) is 29.2. The zero-order valence-corrected chi connectivity index (χ0v) is 20.7. The van der Waals surface area contributed by atoms with Crippen LogP contribution in [0.15, 0.2) is 0 Å². The molecular formula is C22H47NO10. The Morgan fingerprint density at radius 3 is 0.788 bits per heavy atom. The molecule has 0 saturated carbocycles. The Labute approximate surface area is 199 Å². The average molecular weight is 486 g/mol. The van der Waals surface area contributed by atoms with Crippen LogP contribution in [0.5, 0.6) is 0 Å². The fourth-order valence-corrected chi connectivity index (χ4v) is 2.17. The fourth-order valence-electron chi connectivity index (χ4n) is 2.17. The molecule has 0 heterocycles. The highest BCUT2D eigenvalue weighted by Crippen LogP contribution is 1.86. The van der Waals surface area contributed by atoms with Crippen molar-refractivity contribution in [1.29, 1.82) is 0 Å². The lowest BCUT2D eigenvalue weighted by Crippen LogP contribution is -2.19. The van der Waals surface area contributed by atoms with Crippen molar-refractivity contribution in [3.63, 3.8) is 0 Å². The van der Waals surface area contributed by atoms with Gasteiger partial charge in [-0.05, 0) is 14.1 Å². The monoisotopic (exact) mass is 485 g/mol. The van der Waals surface area contributed by atoms with Crippen LogP contribution in [0, 0.1) is 0 Å². The van der Waals surface area contributed by atoms with E-state index in [1.807, 2.05) is 14.1 Å².